The number of nitrogens with zero attached hydrogens (tertiary/aromatic N) is 1. The predicted octanol–water partition coefficient (Wildman–Crippen LogP) is 2.74. The lowest BCUT2D eigenvalue weighted by Gasteiger charge is -2.08. The molecular formula is C12H12BrNO5. The van der Waals surface area contributed by atoms with Gasteiger partial charge in [-0.3, -0.25) is 14.9 Å². The average molecular weight is 330 g/mol. The predicted molar refractivity (Wildman–Crippen MR) is 71.8 cm³/mol. The fraction of sp³-hybridized carbons (Fsp3) is 0.333. The normalized spacial score (nSPS) is 10.0. The molecule has 0 atom stereocenters. The monoisotopic (exact) mass is 329 g/mol. The van der Waals surface area contributed by atoms with Crippen molar-refractivity contribution in [3.05, 3.63) is 39.4 Å². The lowest BCUT2D eigenvalue weighted by Crippen LogP contribution is -2.14. The molecule has 1 rings (SSSR count). The Morgan fingerprint density at radius 3 is 2.63 bits per heavy atom. The Hall–Kier alpha value is -1.76. The van der Waals surface area contributed by atoms with Crippen LogP contribution in [0.25, 0.3) is 0 Å². The van der Waals surface area contributed by atoms with Gasteiger partial charge in [0.15, 0.2) is 5.78 Å². The number of halogens is 1. The summed E-state index contributed by atoms with van der Waals surface area (Å²) in [5.41, 5.74) is -0.635. The lowest BCUT2D eigenvalue weighted by atomic mass is 10.00. The molecule has 0 spiro atoms. The molecule has 1 aromatic carbocycles. The zero-order valence-corrected chi connectivity index (χ0v) is 11.8. The number of ether oxygens (including phenoxy) is 1. The van der Waals surface area contributed by atoms with E-state index in [0.29, 0.717) is 5.33 Å². The number of nitro benzene ring substituents is 1. The molecule has 6 nitrogen and oxygen atoms in total. The second-order valence-electron chi connectivity index (χ2n) is 3.54. The molecule has 0 saturated heterocycles. The molecule has 102 valence electrons. The molecule has 0 aliphatic carbocycles. The number of benzene rings is 1. The maximum atomic E-state index is 12.0. The van der Waals surface area contributed by atoms with E-state index in [-0.39, 0.29) is 29.8 Å². The summed E-state index contributed by atoms with van der Waals surface area (Å²) < 4.78 is 4.81. The van der Waals surface area contributed by atoms with Crippen LogP contribution in [0.3, 0.4) is 0 Å². The van der Waals surface area contributed by atoms with E-state index in [4.69, 9.17) is 4.74 Å². The zero-order valence-electron chi connectivity index (χ0n) is 10.2. The second-order valence-corrected chi connectivity index (χ2v) is 4.33. The largest absolute Gasteiger partial charge is 0.462 e. The van der Waals surface area contributed by atoms with Gasteiger partial charge in [0, 0.05) is 17.8 Å². The van der Waals surface area contributed by atoms with Gasteiger partial charge in [0.25, 0.3) is 5.69 Å². The Labute approximate surface area is 118 Å². The summed E-state index contributed by atoms with van der Waals surface area (Å²) in [6.45, 7) is 1.75. The number of nitro groups is 1. The van der Waals surface area contributed by atoms with Crippen molar-refractivity contribution in [1.82, 2.24) is 0 Å². The van der Waals surface area contributed by atoms with Crippen molar-refractivity contribution in [2.24, 2.45) is 0 Å². The molecule has 0 radical (unpaired) electrons. The Kier molecular flexibility index (Phi) is 5.62. The molecule has 0 bridgehead atoms. The number of alkyl halides is 1. The third-order valence-corrected chi connectivity index (χ3v) is 2.73. The number of rotatable bonds is 6. The number of hydrogen-bond donors (Lipinski definition) is 0. The van der Waals surface area contributed by atoms with Gasteiger partial charge in [-0.25, -0.2) is 4.79 Å². The minimum Gasteiger partial charge on any atom is -0.462 e. The fourth-order valence-electron chi connectivity index (χ4n) is 1.58. The van der Waals surface area contributed by atoms with Crippen LogP contribution in [0.4, 0.5) is 5.69 Å². The number of esters is 1. The standard InChI is InChI=1S/C12H12BrNO5/c1-2-19-12(16)8-4-3-5-9(14(17)18)11(8)10(15)6-7-13/h3-5H,2,6-7H2,1H3. The Morgan fingerprint density at radius 2 is 2.11 bits per heavy atom. The topological polar surface area (TPSA) is 86.5 Å². The van der Waals surface area contributed by atoms with Crippen molar-refractivity contribution < 1.29 is 19.2 Å². The SMILES string of the molecule is CCOC(=O)c1cccc([N+](=O)[O-])c1C(=O)CCBr. The summed E-state index contributed by atoms with van der Waals surface area (Å²) in [4.78, 5) is 34.0. The first-order valence-electron chi connectivity index (χ1n) is 5.56. The van der Waals surface area contributed by atoms with E-state index in [2.05, 4.69) is 15.9 Å². The minimum atomic E-state index is -0.732. The second kappa shape index (κ2) is 6.98. The van der Waals surface area contributed by atoms with Crippen molar-refractivity contribution in [1.29, 1.82) is 0 Å². The van der Waals surface area contributed by atoms with Crippen LogP contribution in [0.2, 0.25) is 0 Å². The first-order valence-corrected chi connectivity index (χ1v) is 6.68. The van der Waals surface area contributed by atoms with Crippen molar-refractivity contribution in [3.8, 4) is 0 Å². The van der Waals surface area contributed by atoms with Crippen LogP contribution in [0.15, 0.2) is 18.2 Å². The lowest BCUT2D eigenvalue weighted by molar-refractivity contribution is -0.385. The van der Waals surface area contributed by atoms with E-state index in [9.17, 15) is 19.7 Å². The smallest absolute Gasteiger partial charge is 0.339 e. The van der Waals surface area contributed by atoms with E-state index in [1.165, 1.54) is 18.2 Å². The maximum absolute atomic E-state index is 12.0. The summed E-state index contributed by atoms with van der Waals surface area (Å²) in [6.07, 6.45) is 0.0667. The summed E-state index contributed by atoms with van der Waals surface area (Å²) in [5.74, 6) is -1.20. The van der Waals surface area contributed by atoms with Crippen LogP contribution in [-0.2, 0) is 4.74 Å². The molecule has 0 aliphatic heterocycles. The average Bonchev–Trinajstić information content (AvgIpc) is 2.38. The van der Waals surface area contributed by atoms with E-state index >= 15 is 0 Å². The van der Waals surface area contributed by atoms with Gasteiger partial charge >= 0.3 is 5.97 Å². The van der Waals surface area contributed by atoms with Crippen molar-refractivity contribution in [2.45, 2.75) is 13.3 Å². The molecule has 0 aliphatic rings. The highest BCUT2D eigenvalue weighted by molar-refractivity contribution is 9.09. The highest BCUT2D eigenvalue weighted by Gasteiger charge is 2.27. The molecule has 0 heterocycles. The van der Waals surface area contributed by atoms with Gasteiger partial charge in [-0.15, -0.1) is 0 Å². The van der Waals surface area contributed by atoms with E-state index in [1.807, 2.05) is 0 Å². The molecule has 0 unspecified atom stereocenters. The number of carbonyl (C=O) groups is 2. The molecule has 1 aromatic rings. The van der Waals surface area contributed by atoms with Crippen molar-refractivity contribution in [3.63, 3.8) is 0 Å². The van der Waals surface area contributed by atoms with Gasteiger partial charge in [0.1, 0.15) is 5.56 Å². The molecule has 0 N–H and O–H groups in total. The van der Waals surface area contributed by atoms with Gasteiger partial charge in [-0.1, -0.05) is 22.0 Å². The van der Waals surface area contributed by atoms with Crippen LogP contribution in [0.1, 0.15) is 34.1 Å². The van der Waals surface area contributed by atoms with Gasteiger partial charge in [-0.05, 0) is 13.0 Å². The molecule has 0 fully saturated rings. The van der Waals surface area contributed by atoms with Gasteiger partial charge in [0.2, 0.25) is 0 Å². The molecule has 0 aromatic heterocycles. The van der Waals surface area contributed by atoms with E-state index < -0.39 is 16.7 Å². The molecule has 0 amide bonds. The summed E-state index contributed by atoms with van der Waals surface area (Å²) in [5, 5.41) is 11.3. The van der Waals surface area contributed by atoms with Crippen LogP contribution in [0.5, 0.6) is 0 Å². The van der Waals surface area contributed by atoms with Crippen molar-refractivity contribution in [2.75, 3.05) is 11.9 Å². The Morgan fingerprint density at radius 1 is 1.42 bits per heavy atom. The maximum Gasteiger partial charge on any atom is 0.339 e. The summed E-state index contributed by atoms with van der Waals surface area (Å²) in [7, 11) is 0. The van der Waals surface area contributed by atoms with Crippen LogP contribution in [-0.4, -0.2) is 28.6 Å². The minimum absolute atomic E-state index is 0.0667. The van der Waals surface area contributed by atoms with Crippen molar-refractivity contribution >= 4 is 33.4 Å². The van der Waals surface area contributed by atoms with E-state index in [1.54, 1.807) is 6.92 Å². The van der Waals surface area contributed by atoms with Crippen LogP contribution < -0.4 is 0 Å². The van der Waals surface area contributed by atoms with Crippen LogP contribution in [0, 0.1) is 10.1 Å². The number of ketones is 1. The molecule has 0 saturated carbocycles. The molecular weight excluding hydrogens is 318 g/mol. The zero-order chi connectivity index (χ0) is 14.4. The quantitative estimate of drug-likeness (QED) is 0.263. The van der Waals surface area contributed by atoms with E-state index in [0.717, 1.165) is 0 Å². The third kappa shape index (κ3) is 3.60. The number of Topliss-reactive ketones (excluding diaryl/α,β-unsaturated/α-hetero) is 1. The first kappa shape index (κ1) is 15.3. The highest BCUT2D eigenvalue weighted by atomic mass is 79.9. The number of carbonyl (C=O) groups excluding carboxylic acids is 2. The third-order valence-electron chi connectivity index (χ3n) is 2.33. The Bertz CT molecular complexity index is 515. The number of hydrogen-bond acceptors (Lipinski definition) is 5. The van der Waals surface area contributed by atoms with Crippen LogP contribution >= 0.6 is 15.9 Å². The first-order chi connectivity index (χ1) is 9.02. The highest BCUT2D eigenvalue weighted by Crippen LogP contribution is 2.25. The van der Waals surface area contributed by atoms with Gasteiger partial charge in [0.05, 0.1) is 17.1 Å². The molecule has 19 heavy (non-hydrogen) atoms. The summed E-state index contributed by atoms with van der Waals surface area (Å²) >= 11 is 3.09. The van der Waals surface area contributed by atoms with Gasteiger partial charge in [-0.2, -0.15) is 0 Å². The Balaban J connectivity index is 3.37. The summed E-state index contributed by atoms with van der Waals surface area (Å²) in [6, 6.07) is 3.91. The van der Waals surface area contributed by atoms with Gasteiger partial charge < -0.3 is 4.74 Å². The molecule has 7 heteroatoms. The fourth-order valence-corrected chi connectivity index (χ4v) is 1.94.